The first-order valence-electron chi connectivity index (χ1n) is 9.96. The third kappa shape index (κ3) is 4.88. The summed E-state index contributed by atoms with van der Waals surface area (Å²) in [5, 5.41) is 1.34. The molecule has 4 rings (SSSR count). The Morgan fingerprint density at radius 1 is 1.06 bits per heavy atom. The Labute approximate surface area is 180 Å². The summed E-state index contributed by atoms with van der Waals surface area (Å²) in [5.41, 5.74) is 6.12. The number of alkyl halides is 3. The average molecular weight is 427 g/mol. The van der Waals surface area contributed by atoms with Crippen molar-refractivity contribution < 1.29 is 17.9 Å². The van der Waals surface area contributed by atoms with Crippen LogP contribution in [0.25, 0.3) is 11.6 Å². The molecule has 31 heavy (non-hydrogen) atoms. The van der Waals surface area contributed by atoms with E-state index in [1.165, 1.54) is 18.2 Å². The number of hydrazine groups is 1. The minimum atomic E-state index is -4.42. The van der Waals surface area contributed by atoms with E-state index in [0.717, 1.165) is 16.7 Å². The number of nitrogens with one attached hydrogen (secondary N) is 1. The Morgan fingerprint density at radius 2 is 1.74 bits per heavy atom. The molecule has 1 N–H and O–H groups in total. The van der Waals surface area contributed by atoms with E-state index in [4.69, 9.17) is 4.74 Å². The van der Waals surface area contributed by atoms with Crippen molar-refractivity contribution >= 4 is 11.6 Å². The van der Waals surface area contributed by atoms with Gasteiger partial charge in [-0.2, -0.15) is 13.2 Å². The fourth-order valence-corrected chi connectivity index (χ4v) is 3.30. The predicted molar refractivity (Wildman–Crippen MR) is 116 cm³/mol. The number of rotatable bonds is 4. The first kappa shape index (κ1) is 22.4. The van der Waals surface area contributed by atoms with Gasteiger partial charge in [-0.05, 0) is 47.1 Å². The van der Waals surface area contributed by atoms with Crippen LogP contribution in [0.3, 0.4) is 0 Å². The van der Waals surface area contributed by atoms with Gasteiger partial charge in [0.1, 0.15) is 6.04 Å². The van der Waals surface area contributed by atoms with E-state index >= 15 is 0 Å². The first-order valence-corrected chi connectivity index (χ1v) is 9.96. The molecular formula is C24H24F3N3O. The van der Waals surface area contributed by atoms with Crippen molar-refractivity contribution in [3.05, 3.63) is 101 Å². The molecule has 7 heteroatoms. The molecule has 162 valence electrons. The third-order valence-electron chi connectivity index (χ3n) is 4.68. The predicted octanol–water partition coefficient (Wildman–Crippen LogP) is 5.71. The van der Waals surface area contributed by atoms with Crippen LogP contribution >= 0.6 is 0 Å². The van der Waals surface area contributed by atoms with Gasteiger partial charge in [0.15, 0.2) is 0 Å². The second-order valence-electron chi connectivity index (χ2n) is 6.53. The van der Waals surface area contributed by atoms with Crippen molar-refractivity contribution in [2.24, 2.45) is 0 Å². The minimum Gasteiger partial charge on any atom is -0.481 e. The van der Waals surface area contributed by atoms with Crippen molar-refractivity contribution in [2.45, 2.75) is 26.1 Å². The SMILES string of the molecule is CC.COC1=CC=C(/C(=C/c2ccncc2)c2ccccc2)C2=CC(C(F)(F)F)NN12. The number of hydrogen-bond acceptors (Lipinski definition) is 4. The number of hydrogen-bond donors (Lipinski definition) is 1. The summed E-state index contributed by atoms with van der Waals surface area (Å²) in [4.78, 5) is 4.02. The van der Waals surface area contributed by atoms with Gasteiger partial charge in [0.25, 0.3) is 0 Å². The van der Waals surface area contributed by atoms with Crippen LogP contribution in [0, 0.1) is 0 Å². The molecule has 1 aromatic carbocycles. The highest BCUT2D eigenvalue weighted by atomic mass is 19.4. The van der Waals surface area contributed by atoms with E-state index in [1.54, 1.807) is 24.5 Å². The standard InChI is InChI=1S/C22H18F3N3O.C2H6/c1-29-21-8-7-17(19-14-20(22(23,24)25)27-28(19)21)18(16-5-3-2-4-6-16)13-15-9-11-26-12-10-15;1-2/h2-14,20,27H,1H3;1-2H3/b18-13+;. The number of halogens is 3. The van der Waals surface area contributed by atoms with Crippen LogP contribution < -0.4 is 5.43 Å². The van der Waals surface area contributed by atoms with Gasteiger partial charge in [-0.3, -0.25) is 4.98 Å². The Bertz CT molecular complexity index is 1010. The number of ether oxygens (including phenoxy) is 1. The fourth-order valence-electron chi connectivity index (χ4n) is 3.30. The summed E-state index contributed by atoms with van der Waals surface area (Å²) in [7, 11) is 1.43. The third-order valence-corrected chi connectivity index (χ3v) is 4.68. The van der Waals surface area contributed by atoms with E-state index in [-0.39, 0.29) is 0 Å². The second kappa shape index (κ2) is 9.66. The fraction of sp³-hybridized carbons (Fsp3) is 0.208. The number of nitrogens with zero attached hydrogens (tertiary/aromatic N) is 2. The van der Waals surface area contributed by atoms with Gasteiger partial charge in [0.2, 0.25) is 5.88 Å². The zero-order chi connectivity index (χ0) is 22.4. The topological polar surface area (TPSA) is 37.4 Å². The molecule has 0 bridgehead atoms. The van der Waals surface area contributed by atoms with Crippen LogP contribution in [0.4, 0.5) is 13.2 Å². The molecule has 0 spiro atoms. The largest absolute Gasteiger partial charge is 0.481 e. The number of pyridine rings is 1. The van der Waals surface area contributed by atoms with Crippen LogP contribution in [-0.2, 0) is 4.74 Å². The quantitative estimate of drug-likeness (QED) is 0.678. The van der Waals surface area contributed by atoms with E-state index in [9.17, 15) is 13.2 Å². The summed E-state index contributed by atoms with van der Waals surface area (Å²) in [5.74, 6) is 0.295. The van der Waals surface area contributed by atoms with Crippen LogP contribution in [-0.4, -0.2) is 29.3 Å². The number of allylic oxidation sites excluding steroid dienone is 3. The molecule has 1 unspecified atom stereocenters. The first-order chi connectivity index (χ1) is 15.0. The summed E-state index contributed by atoms with van der Waals surface area (Å²) in [6.45, 7) is 4.00. The Balaban J connectivity index is 0.00000132. The smallest absolute Gasteiger partial charge is 0.409 e. The lowest BCUT2D eigenvalue weighted by molar-refractivity contribution is -0.149. The maximum atomic E-state index is 13.4. The molecule has 2 aromatic rings. The summed E-state index contributed by atoms with van der Waals surface area (Å²) >= 11 is 0. The lowest BCUT2D eigenvalue weighted by Crippen LogP contribution is -2.44. The summed E-state index contributed by atoms with van der Waals surface area (Å²) in [6.07, 6.45) is 5.49. The molecule has 0 amide bonds. The maximum absolute atomic E-state index is 13.4. The normalized spacial score (nSPS) is 18.3. The molecule has 0 aliphatic carbocycles. The lowest BCUT2D eigenvalue weighted by atomic mass is 9.91. The summed E-state index contributed by atoms with van der Waals surface area (Å²) in [6, 6.07) is 11.4. The number of benzene rings is 1. The molecule has 1 atom stereocenters. The van der Waals surface area contributed by atoms with E-state index in [1.807, 2.05) is 62.4 Å². The zero-order valence-corrected chi connectivity index (χ0v) is 17.5. The van der Waals surface area contributed by atoms with Crippen LogP contribution in [0.5, 0.6) is 0 Å². The highest BCUT2D eigenvalue weighted by Crippen LogP contribution is 2.40. The highest BCUT2D eigenvalue weighted by Gasteiger charge is 2.45. The van der Waals surface area contributed by atoms with Crippen molar-refractivity contribution in [2.75, 3.05) is 7.11 Å². The molecule has 2 aliphatic heterocycles. The number of fused-ring (bicyclic) bond motifs is 1. The Hall–Kier alpha value is -3.32. The average Bonchev–Trinajstić information content (AvgIpc) is 3.26. The monoisotopic (exact) mass is 427 g/mol. The van der Waals surface area contributed by atoms with Gasteiger partial charge >= 0.3 is 6.18 Å². The van der Waals surface area contributed by atoms with Crippen molar-refractivity contribution in [1.29, 1.82) is 0 Å². The molecular weight excluding hydrogens is 403 g/mol. The van der Waals surface area contributed by atoms with Gasteiger partial charge in [-0.1, -0.05) is 44.2 Å². The second-order valence-corrected chi connectivity index (χ2v) is 6.53. The molecule has 4 nitrogen and oxygen atoms in total. The molecule has 1 aromatic heterocycles. The van der Waals surface area contributed by atoms with Crippen molar-refractivity contribution in [3.63, 3.8) is 0 Å². The van der Waals surface area contributed by atoms with E-state index in [2.05, 4.69) is 10.4 Å². The zero-order valence-electron chi connectivity index (χ0n) is 17.5. The highest BCUT2D eigenvalue weighted by molar-refractivity contribution is 5.94. The lowest BCUT2D eigenvalue weighted by Gasteiger charge is -2.30. The molecule has 2 aliphatic rings. The van der Waals surface area contributed by atoms with Gasteiger partial charge in [-0.25, -0.2) is 10.4 Å². The van der Waals surface area contributed by atoms with Gasteiger partial charge in [-0.15, -0.1) is 0 Å². The Morgan fingerprint density at radius 3 is 2.35 bits per heavy atom. The van der Waals surface area contributed by atoms with Gasteiger partial charge in [0.05, 0.1) is 12.8 Å². The van der Waals surface area contributed by atoms with Crippen molar-refractivity contribution in [1.82, 2.24) is 15.4 Å². The van der Waals surface area contributed by atoms with Crippen LogP contribution in [0.2, 0.25) is 0 Å². The maximum Gasteiger partial charge on any atom is 0.409 e. The van der Waals surface area contributed by atoms with Gasteiger partial charge in [0, 0.05) is 24.0 Å². The van der Waals surface area contributed by atoms with Crippen LogP contribution in [0.15, 0.2) is 90.2 Å². The summed E-state index contributed by atoms with van der Waals surface area (Å²) < 4.78 is 45.4. The molecule has 0 saturated carbocycles. The number of methoxy groups -OCH3 is 1. The van der Waals surface area contributed by atoms with E-state index < -0.39 is 12.2 Å². The van der Waals surface area contributed by atoms with Crippen molar-refractivity contribution in [3.8, 4) is 0 Å². The van der Waals surface area contributed by atoms with Gasteiger partial charge < -0.3 is 4.74 Å². The number of aromatic nitrogens is 1. The molecule has 0 radical (unpaired) electrons. The molecule has 0 fully saturated rings. The minimum absolute atomic E-state index is 0.295. The van der Waals surface area contributed by atoms with Crippen LogP contribution in [0.1, 0.15) is 25.0 Å². The van der Waals surface area contributed by atoms with E-state index in [0.29, 0.717) is 17.2 Å². The molecule has 0 saturated heterocycles. The molecule has 3 heterocycles. The Kier molecular flexibility index (Phi) is 6.97.